The second-order valence-electron chi connectivity index (χ2n) is 8.31. The van der Waals surface area contributed by atoms with E-state index in [1.807, 2.05) is 39.8 Å². The van der Waals surface area contributed by atoms with Crippen LogP contribution in [0, 0.1) is 6.92 Å². The lowest BCUT2D eigenvalue weighted by molar-refractivity contribution is 0.0544. The lowest BCUT2D eigenvalue weighted by Gasteiger charge is -2.30. The maximum Gasteiger partial charge on any atom is 0.419 e. The number of nitrogens with zero attached hydrogens (tertiary/aromatic N) is 2. The van der Waals surface area contributed by atoms with E-state index in [-0.39, 0.29) is 12.2 Å². The van der Waals surface area contributed by atoms with Crippen molar-refractivity contribution >= 4 is 17.0 Å². The van der Waals surface area contributed by atoms with Crippen molar-refractivity contribution in [3.8, 4) is 5.75 Å². The first kappa shape index (κ1) is 19.7. The molecule has 1 aromatic carbocycles. The Morgan fingerprint density at radius 3 is 2.56 bits per heavy atom. The van der Waals surface area contributed by atoms with Crippen LogP contribution in [-0.2, 0) is 11.3 Å². The molecule has 27 heavy (non-hydrogen) atoms. The predicted molar refractivity (Wildman–Crippen MR) is 105 cm³/mol. The number of ether oxygens (including phenoxy) is 2. The molecule has 0 saturated carbocycles. The maximum atomic E-state index is 12.7. The molecule has 0 spiro atoms. The minimum absolute atomic E-state index is 0.200. The van der Waals surface area contributed by atoms with Crippen molar-refractivity contribution in [3.05, 3.63) is 29.5 Å². The Balaban J connectivity index is 2.00. The fourth-order valence-corrected chi connectivity index (χ4v) is 3.67. The number of carbonyl (C=O) groups is 1. The first-order valence-electron chi connectivity index (χ1n) is 9.51. The number of carbonyl (C=O) groups excluding carboxylic acids is 1. The first-order valence-corrected chi connectivity index (χ1v) is 9.51. The normalized spacial score (nSPS) is 16.7. The lowest BCUT2D eigenvalue weighted by Crippen LogP contribution is -2.35. The fraction of sp³-hybridized carbons (Fsp3) is 0.571. The van der Waals surface area contributed by atoms with Crippen molar-refractivity contribution in [3.63, 3.8) is 0 Å². The van der Waals surface area contributed by atoms with Crippen LogP contribution in [0.2, 0.25) is 0 Å². The summed E-state index contributed by atoms with van der Waals surface area (Å²) in [5.41, 5.74) is 2.34. The zero-order chi connectivity index (χ0) is 19.8. The molecule has 0 radical (unpaired) electrons. The van der Waals surface area contributed by atoms with Gasteiger partial charge in [-0.1, -0.05) is 0 Å². The molecule has 0 amide bonds. The highest BCUT2D eigenvalue weighted by molar-refractivity contribution is 5.95. The molecular weight excluding hydrogens is 344 g/mol. The van der Waals surface area contributed by atoms with Crippen molar-refractivity contribution in [1.82, 2.24) is 9.47 Å². The van der Waals surface area contributed by atoms with Gasteiger partial charge in [-0.2, -0.15) is 0 Å². The summed E-state index contributed by atoms with van der Waals surface area (Å²) in [6.07, 6.45) is 2.77. The Labute approximate surface area is 160 Å². The van der Waals surface area contributed by atoms with Gasteiger partial charge in [0, 0.05) is 36.8 Å². The van der Waals surface area contributed by atoms with Crippen molar-refractivity contribution in [2.24, 2.45) is 0 Å². The average Bonchev–Trinajstić information content (AvgIpc) is 3.03. The van der Waals surface area contributed by atoms with Crippen LogP contribution in [0.25, 0.3) is 10.9 Å². The number of aliphatic hydroxyl groups is 1. The molecule has 0 bridgehead atoms. The molecule has 0 unspecified atom stereocenters. The van der Waals surface area contributed by atoms with Gasteiger partial charge in [0.2, 0.25) is 0 Å². The standard InChI is InChI=1S/C21H30N2O4/c1-14-12-18(26-5)17(13-22-9-6-15(24)7-10-22)16-8-11-23(19(14)16)20(25)27-21(2,3)4/h8,11-12,15,24H,6-7,9-10,13H2,1-5H3. The average molecular weight is 374 g/mol. The summed E-state index contributed by atoms with van der Waals surface area (Å²) in [5.74, 6) is 0.827. The van der Waals surface area contributed by atoms with E-state index in [0.717, 1.165) is 60.3 Å². The molecule has 1 aliphatic rings. The monoisotopic (exact) mass is 374 g/mol. The number of rotatable bonds is 3. The number of methoxy groups -OCH3 is 1. The van der Waals surface area contributed by atoms with Crippen molar-refractivity contribution in [1.29, 1.82) is 0 Å². The highest BCUT2D eigenvalue weighted by atomic mass is 16.6. The summed E-state index contributed by atoms with van der Waals surface area (Å²) in [7, 11) is 1.68. The van der Waals surface area contributed by atoms with Gasteiger partial charge in [0.15, 0.2) is 0 Å². The molecular formula is C21H30N2O4. The molecule has 6 nitrogen and oxygen atoms in total. The SMILES string of the molecule is COc1cc(C)c2c(ccn2C(=O)OC(C)(C)C)c1CN1CCC(O)CC1. The summed E-state index contributed by atoms with van der Waals surface area (Å²) in [6, 6.07) is 3.94. The van der Waals surface area contributed by atoms with Gasteiger partial charge in [-0.3, -0.25) is 9.47 Å². The first-order chi connectivity index (χ1) is 12.7. The Morgan fingerprint density at radius 1 is 1.30 bits per heavy atom. The summed E-state index contributed by atoms with van der Waals surface area (Å²) in [4.78, 5) is 15.0. The maximum absolute atomic E-state index is 12.7. The van der Waals surface area contributed by atoms with E-state index >= 15 is 0 Å². The second kappa shape index (κ2) is 7.52. The van der Waals surface area contributed by atoms with Crippen LogP contribution >= 0.6 is 0 Å². The van der Waals surface area contributed by atoms with Crippen LogP contribution in [0.15, 0.2) is 18.3 Å². The molecule has 1 saturated heterocycles. The van der Waals surface area contributed by atoms with Crippen LogP contribution in [-0.4, -0.2) is 52.6 Å². The smallest absolute Gasteiger partial charge is 0.419 e. The van der Waals surface area contributed by atoms with Gasteiger partial charge < -0.3 is 14.6 Å². The molecule has 2 heterocycles. The fourth-order valence-electron chi connectivity index (χ4n) is 3.67. The van der Waals surface area contributed by atoms with Gasteiger partial charge in [0.1, 0.15) is 11.4 Å². The van der Waals surface area contributed by atoms with E-state index in [0.29, 0.717) is 0 Å². The lowest BCUT2D eigenvalue weighted by atomic mass is 10.0. The number of piperidine rings is 1. The zero-order valence-electron chi connectivity index (χ0n) is 16.9. The van der Waals surface area contributed by atoms with Crippen molar-refractivity contribution in [2.45, 2.75) is 58.8 Å². The molecule has 6 heteroatoms. The third kappa shape index (κ3) is 4.28. The topological polar surface area (TPSA) is 63.9 Å². The Morgan fingerprint density at radius 2 is 1.96 bits per heavy atom. The summed E-state index contributed by atoms with van der Waals surface area (Å²) in [5, 5.41) is 10.8. The van der Waals surface area contributed by atoms with Crippen LogP contribution in [0.3, 0.4) is 0 Å². The van der Waals surface area contributed by atoms with Gasteiger partial charge in [-0.05, 0) is 58.2 Å². The van der Waals surface area contributed by atoms with E-state index in [9.17, 15) is 9.90 Å². The highest BCUT2D eigenvalue weighted by Crippen LogP contribution is 2.34. The number of aromatic nitrogens is 1. The molecule has 0 atom stereocenters. The largest absolute Gasteiger partial charge is 0.496 e. The van der Waals surface area contributed by atoms with Crippen LogP contribution < -0.4 is 4.74 Å². The molecule has 1 N–H and O–H groups in total. The summed E-state index contributed by atoms with van der Waals surface area (Å²) >= 11 is 0. The number of benzene rings is 1. The third-order valence-electron chi connectivity index (χ3n) is 4.98. The quantitative estimate of drug-likeness (QED) is 0.887. The third-order valence-corrected chi connectivity index (χ3v) is 4.98. The van der Waals surface area contributed by atoms with Crippen molar-refractivity contribution < 1.29 is 19.4 Å². The van der Waals surface area contributed by atoms with Crippen LogP contribution in [0.5, 0.6) is 5.75 Å². The second-order valence-corrected chi connectivity index (χ2v) is 8.31. The Bertz CT molecular complexity index is 827. The Kier molecular flexibility index (Phi) is 5.49. The number of aliphatic hydroxyl groups excluding tert-OH is 1. The van der Waals surface area contributed by atoms with Gasteiger partial charge >= 0.3 is 6.09 Å². The predicted octanol–water partition coefficient (Wildman–Crippen LogP) is 3.70. The minimum Gasteiger partial charge on any atom is -0.496 e. The molecule has 3 rings (SSSR count). The van der Waals surface area contributed by atoms with Crippen molar-refractivity contribution in [2.75, 3.05) is 20.2 Å². The number of fused-ring (bicyclic) bond motifs is 1. The van der Waals surface area contributed by atoms with E-state index in [1.165, 1.54) is 0 Å². The van der Waals surface area contributed by atoms with Gasteiger partial charge in [-0.25, -0.2) is 4.79 Å². The van der Waals surface area contributed by atoms with E-state index in [2.05, 4.69) is 4.90 Å². The van der Waals surface area contributed by atoms with Crippen LogP contribution in [0.4, 0.5) is 4.79 Å². The number of likely N-dealkylation sites (tertiary alicyclic amines) is 1. The van der Waals surface area contributed by atoms with E-state index in [1.54, 1.807) is 17.9 Å². The van der Waals surface area contributed by atoms with E-state index < -0.39 is 5.60 Å². The molecule has 1 aliphatic heterocycles. The van der Waals surface area contributed by atoms with Gasteiger partial charge in [0.05, 0.1) is 18.7 Å². The summed E-state index contributed by atoms with van der Waals surface area (Å²) < 4.78 is 12.8. The minimum atomic E-state index is -0.550. The molecule has 148 valence electrons. The molecule has 2 aromatic rings. The highest BCUT2D eigenvalue weighted by Gasteiger charge is 2.24. The molecule has 0 aliphatic carbocycles. The number of hydrogen-bond donors (Lipinski definition) is 1. The number of hydrogen-bond acceptors (Lipinski definition) is 5. The zero-order valence-corrected chi connectivity index (χ0v) is 16.9. The van der Waals surface area contributed by atoms with Gasteiger partial charge in [0.25, 0.3) is 0 Å². The van der Waals surface area contributed by atoms with Gasteiger partial charge in [-0.15, -0.1) is 0 Å². The van der Waals surface area contributed by atoms with Crippen LogP contribution in [0.1, 0.15) is 44.7 Å². The number of aryl methyl sites for hydroxylation is 1. The molecule has 1 aromatic heterocycles. The summed E-state index contributed by atoms with van der Waals surface area (Å²) in [6.45, 7) is 10.0. The molecule has 1 fully saturated rings. The van der Waals surface area contributed by atoms with E-state index in [4.69, 9.17) is 9.47 Å². The Hall–Kier alpha value is -2.05.